The maximum Gasteiger partial charge on any atom is 0.123 e. The van der Waals surface area contributed by atoms with Crippen LogP contribution in [0.25, 0.3) is 0 Å². The molecule has 0 amide bonds. The zero-order chi connectivity index (χ0) is 11.2. The molecule has 0 saturated carbocycles. The second-order valence-corrected chi connectivity index (χ2v) is 5.59. The number of ether oxygens (including phenoxy) is 1. The molecule has 1 atom stereocenters. The van der Waals surface area contributed by atoms with E-state index < -0.39 is 0 Å². The minimum atomic E-state index is 0.101. The van der Waals surface area contributed by atoms with Gasteiger partial charge < -0.3 is 10.5 Å². The molecule has 15 heavy (non-hydrogen) atoms. The smallest absolute Gasteiger partial charge is 0.123 e. The Morgan fingerprint density at radius 3 is 2.73 bits per heavy atom. The number of methoxy groups -OCH3 is 1. The van der Waals surface area contributed by atoms with Gasteiger partial charge in [0.25, 0.3) is 0 Å². The van der Waals surface area contributed by atoms with Gasteiger partial charge in [-0.25, -0.2) is 0 Å². The quantitative estimate of drug-likeness (QED) is 0.850. The van der Waals surface area contributed by atoms with E-state index in [9.17, 15) is 0 Å². The highest BCUT2D eigenvalue weighted by Crippen LogP contribution is 2.50. The van der Waals surface area contributed by atoms with Gasteiger partial charge in [0.05, 0.1) is 7.11 Å². The SMILES string of the molecule is COc1ccc(Br)c2c1C(C)(C)C[C@H]2N. The summed E-state index contributed by atoms with van der Waals surface area (Å²) in [5, 5.41) is 0. The van der Waals surface area contributed by atoms with Gasteiger partial charge in [-0.3, -0.25) is 0 Å². The summed E-state index contributed by atoms with van der Waals surface area (Å²) in [7, 11) is 1.71. The van der Waals surface area contributed by atoms with Gasteiger partial charge in [0.15, 0.2) is 0 Å². The number of benzene rings is 1. The summed E-state index contributed by atoms with van der Waals surface area (Å²) in [4.78, 5) is 0. The summed E-state index contributed by atoms with van der Waals surface area (Å²) in [5.41, 5.74) is 8.73. The average molecular weight is 270 g/mol. The zero-order valence-electron chi connectivity index (χ0n) is 9.30. The third-order valence-electron chi connectivity index (χ3n) is 3.15. The first kappa shape index (κ1) is 11.0. The Morgan fingerprint density at radius 1 is 1.47 bits per heavy atom. The van der Waals surface area contributed by atoms with Crippen LogP contribution in [0.2, 0.25) is 0 Å². The molecule has 1 aromatic rings. The van der Waals surface area contributed by atoms with Crippen molar-refractivity contribution in [3.63, 3.8) is 0 Å². The first-order valence-electron chi connectivity index (χ1n) is 5.10. The summed E-state index contributed by atoms with van der Waals surface area (Å²) in [5.74, 6) is 0.950. The van der Waals surface area contributed by atoms with Crippen molar-refractivity contribution in [2.45, 2.75) is 31.7 Å². The first-order valence-corrected chi connectivity index (χ1v) is 5.89. The number of fused-ring (bicyclic) bond motifs is 1. The van der Waals surface area contributed by atoms with Crippen LogP contribution in [0, 0.1) is 0 Å². The maximum absolute atomic E-state index is 6.16. The number of nitrogens with two attached hydrogens (primary N) is 1. The molecule has 1 aliphatic rings. The highest BCUT2D eigenvalue weighted by molar-refractivity contribution is 9.10. The molecular formula is C12H16BrNO. The predicted molar refractivity (Wildman–Crippen MR) is 65.3 cm³/mol. The predicted octanol–water partition coefficient (Wildman–Crippen LogP) is 3.14. The standard InChI is InChI=1S/C12H16BrNO/c1-12(2)6-8(14)10-7(13)4-5-9(15-3)11(10)12/h4-5,8H,6,14H2,1-3H3/t8-/m1/s1. The van der Waals surface area contributed by atoms with Gasteiger partial charge in [0, 0.05) is 16.1 Å². The summed E-state index contributed by atoms with van der Waals surface area (Å²) in [6.07, 6.45) is 0.974. The maximum atomic E-state index is 6.16. The van der Waals surface area contributed by atoms with Crippen molar-refractivity contribution in [1.82, 2.24) is 0 Å². The fourth-order valence-electron chi connectivity index (χ4n) is 2.56. The van der Waals surface area contributed by atoms with Crippen molar-refractivity contribution in [3.05, 3.63) is 27.7 Å². The Hall–Kier alpha value is -0.540. The van der Waals surface area contributed by atoms with Crippen LogP contribution in [0.15, 0.2) is 16.6 Å². The fraction of sp³-hybridized carbons (Fsp3) is 0.500. The number of hydrogen-bond donors (Lipinski definition) is 1. The van der Waals surface area contributed by atoms with Crippen molar-refractivity contribution in [3.8, 4) is 5.75 Å². The minimum Gasteiger partial charge on any atom is -0.496 e. The number of rotatable bonds is 1. The summed E-state index contributed by atoms with van der Waals surface area (Å²) in [6.45, 7) is 4.43. The van der Waals surface area contributed by atoms with E-state index in [0.29, 0.717) is 0 Å². The molecule has 0 heterocycles. The molecule has 0 radical (unpaired) electrons. The van der Waals surface area contributed by atoms with Crippen molar-refractivity contribution in [2.75, 3.05) is 7.11 Å². The van der Waals surface area contributed by atoms with Gasteiger partial charge in [0.1, 0.15) is 5.75 Å². The van der Waals surface area contributed by atoms with Crippen molar-refractivity contribution in [2.24, 2.45) is 5.73 Å². The lowest BCUT2D eigenvalue weighted by Crippen LogP contribution is -2.15. The van der Waals surface area contributed by atoms with Crippen LogP contribution in [0.5, 0.6) is 5.75 Å². The largest absolute Gasteiger partial charge is 0.496 e. The van der Waals surface area contributed by atoms with E-state index in [2.05, 4.69) is 29.8 Å². The lowest BCUT2D eigenvalue weighted by Gasteiger charge is -2.21. The van der Waals surface area contributed by atoms with E-state index in [1.165, 1.54) is 11.1 Å². The Morgan fingerprint density at radius 2 is 2.13 bits per heavy atom. The summed E-state index contributed by atoms with van der Waals surface area (Å²) >= 11 is 3.57. The molecule has 0 saturated heterocycles. The average Bonchev–Trinajstić information content (AvgIpc) is 2.39. The van der Waals surface area contributed by atoms with Gasteiger partial charge in [-0.1, -0.05) is 29.8 Å². The Kier molecular flexibility index (Phi) is 2.55. The topological polar surface area (TPSA) is 35.2 Å². The first-order chi connectivity index (χ1) is 6.97. The van der Waals surface area contributed by atoms with Crippen LogP contribution in [0.3, 0.4) is 0 Å². The van der Waals surface area contributed by atoms with E-state index in [-0.39, 0.29) is 11.5 Å². The minimum absolute atomic E-state index is 0.101. The van der Waals surface area contributed by atoms with Crippen LogP contribution in [-0.4, -0.2) is 7.11 Å². The van der Waals surface area contributed by atoms with Crippen LogP contribution in [-0.2, 0) is 5.41 Å². The molecule has 82 valence electrons. The fourth-order valence-corrected chi connectivity index (χ4v) is 3.18. The molecule has 0 spiro atoms. The third kappa shape index (κ3) is 1.58. The molecule has 0 fully saturated rings. The Bertz CT molecular complexity index is 401. The molecule has 2 N–H and O–H groups in total. The second kappa shape index (κ2) is 3.49. The normalized spacial score (nSPS) is 22.6. The highest BCUT2D eigenvalue weighted by Gasteiger charge is 2.38. The lowest BCUT2D eigenvalue weighted by molar-refractivity contribution is 0.392. The monoisotopic (exact) mass is 269 g/mol. The lowest BCUT2D eigenvalue weighted by atomic mass is 9.86. The van der Waals surface area contributed by atoms with Crippen LogP contribution < -0.4 is 10.5 Å². The molecule has 2 rings (SSSR count). The molecule has 1 aromatic carbocycles. The highest BCUT2D eigenvalue weighted by atomic mass is 79.9. The van der Waals surface area contributed by atoms with Crippen molar-refractivity contribution >= 4 is 15.9 Å². The summed E-state index contributed by atoms with van der Waals surface area (Å²) < 4.78 is 6.51. The molecule has 2 nitrogen and oxygen atoms in total. The molecule has 0 unspecified atom stereocenters. The number of halogens is 1. The van der Waals surface area contributed by atoms with Crippen molar-refractivity contribution in [1.29, 1.82) is 0 Å². The van der Waals surface area contributed by atoms with E-state index in [4.69, 9.17) is 10.5 Å². The van der Waals surface area contributed by atoms with E-state index in [1.807, 2.05) is 12.1 Å². The molecule has 0 aromatic heterocycles. The molecular weight excluding hydrogens is 254 g/mol. The second-order valence-electron chi connectivity index (χ2n) is 4.73. The molecule has 0 bridgehead atoms. The number of hydrogen-bond acceptors (Lipinski definition) is 2. The molecule has 3 heteroatoms. The zero-order valence-corrected chi connectivity index (χ0v) is 10.9. The summed E-state index contributed by atoms with van der Waals surface area (Å²) in [6, 6.07) is 4.13. The van der Waals surface area contributed by atoms with E-state index >= 15 is 0 Å². The Labute approximate surface area is 98.9 Å². The van der Waals surface area contributed by atoms with Crippen molar-refractivity contribution < 1.29 is 4.74 Å². The molecule has 1 aliphatic carbocycles. The van der Waals surface area contributed by atoms with Gasteiger partial charge in [0.2, 0.25) is 0 Å². The van der Waals surface area contributed by atoms with Gasteiger partial charge in [-0.05, 0) is 29.5 Å². The van der Waals surface area contributed by atoms with E-state index in [1.54, 1.807) is 7.11 Å². The van der Waals surface area contributed by atoms with Gasteiger partial charge >= 0.3 is 0 Å². The molecule has 0 aliphatic heterocycles. The Balaban J connectivity index is 2.71. The van der Waals surface area contributed by atoms with Crippen LogP contribution in [0.4, 0.5) is 0 Å². The van der Waals surface area contributed by atoms with Crippen LogP contribution in [0.1, 0.15) is 37.4 Å². The van der Waals surface area contributed by atoms with Crippen LogP contribution >= 0.6 is 15.9 Å². The van der Waals surface area contributed by atoms with E-state index in [0.717, 1.165) is 16.6 Å². The van der Waals surface area contributed by atoms with Gasteiger partial charge in [-0.2, -0.15) is 0 Å². The van der Waals surface area contributed by atoms with Gasteiger partial charge in [-0.15, -0.1) is 0 Å². The third-order valence-corrected chi connectivity index (χ3v) is 3.84.